The Labute approximate surface area is 143 Å². The first-order valence-corrected chi connectivity index (χ1v) is 9.10. The van der Waals surface area contributed by atoms with E-state index < -0.39 is 0 Å². The highest BCUT2D eigenvalue weighted by Gasteiger charge is 2.64. The van der Waals surface area contributed by atoms with Gasteiger partial charge in [-0.1, -0.05) is 18.7 Å². The lowest BCUT2D eigenvalue weighted by atomic mass is 9.51. The lowest BCUT2D eigenvalue weighted by molar-refractivity contribution is -0.0275. The maximum Gasteiger partial charge on any atom is 0.166 e. The predicted octanol–water partition coefficient (Wildman–Crippen LogP) is 3.48. The van der Waals surface area contributed by atoms with Crippen LogP contribution in [0, 0.1) is 5.92 Å². The number of benzene rings is 1. The van der Waals surface area contributed by atoms with E-state index in [0.717, 1.165) is 43.9 Å². The number of hydrogen-bond donors (Lipinski definition) is 0. The summed E-state index contributed by atoms with van der Waals surface area (Å²) in [5.41, 5.74) is 4.30. The molecule has 1 aromatic rings. The number of likely N-dealkylation sites (tertiary alicyclic amines) is 1. The van der Waals surface area contributed by atoms with Crippen molar-refractivity contribution in [1.82, 2.24) is 4.90 Å². The number of rotatable bonds is 3. The Morgan fingerprint density at radius 2 is 2.33 bits per heavy atom. The Morgan fingerprint density at radius 3 is 3.12 bits per heavy atom. The van der Waals surface area contributed by atoms with E-state index in [1.54, 1.807) is 7.11 Å². The van der Waals surface area contributed by atoms with E-state index in [2.05, 4.69) is 36.3 Å². The summed E-state index contributed by atoms with van der Waals surface area (Å²) >= 11 is 0. The molecule has 1 aromatic carbocycles. The van der Waals surface area contributed by atoms with Crippen LogP contribution in [0.1, 0.15) is 30.4 Å². The van der Waals surface area contributed by atoms with Gasteiger partial charge in [-0.3, -0.25) is 4.90 Å². The van der Waals surface area contributed by atoms with Crippen molar-refractivity contribution in [3.05, 3.63) is 48.1 Å². The van der Waals surface area contributed by atoms with Crippen LogP contribution in [0.4, 0.5) is 0 Å². The van der Waals surface area contributed by atoms with Gasteiger partial charge in [0.25, 0.3) is 0 Å². The van der Waals surface area contributed by atoms with Crippen molar-refractivity contribution in [2.75, 3.05) is 20.2 Å². The van der Waals surface area contributed by atoms with Crippen LogP contribution in [0.5, 0.6) is 11.5 Å². The first-order chi connectivity index (χ1) is 11.7. The minimum absolute atomic E-state index is 0.120. The SMILES string of the molecule is C=CCN1CC[C@@]23c4c5ccc(OC)c4OC2C(=C)CC[C@@H]3[C@@H]1C5. The molecule has 2 aliphatic carbocycles. The van der Waals surface area contributed by atoms with Gasteiger partial charge < -0.3 is 9.47 Å². The highest BCUT2D eigenvalue weighted by atomic mass is 16.5. The molecule has 5 rings (SSSR count). The molecule has 0 amide bonds. The van der Waals surface area contributed by atoms with Crippen molar-refractivity contribution < 1.29 is 9.47 Å². The largest absolute Gasteiger partial charge is 0.493 e. The van der Waals surface area contributed by atoms with E-state index in [0.29, 0.717) is 12.0 Å². The van der Waals surface area contributed by atoms with Gasteiger partial charge in [-0.25, -0.2) is 0 Å². The number of nitrogens with zero attached hydrogens (tertiary/aromatic N) is 1. The number of piperidine rings is 1. The molecule has 3 heteroatoms. The molecular formula is C21H25NO2. The normalized spacial score (nSPS) is 36.0. The summed E-state index contributed by atoms with van der Waals surface area (Å²) in [6.07, 6.45) is 6.77. The second-order valence-corrected chi connectivity index (χ2v) is 7.78. The van der Waals surface area contributed by atoms with Crippen LogP contribution in [0.2, 0.25) is 0 Å². The fourth-order valence-corrected chi connectivity index (χ4v) is 6.09. The first-order valence-electron chi connectivity index (χ1n) is 9.10. The fourth-order valence-electron chi connectivity index (χ4n) is 6.09. The lowest BCUT2D eigenvalue weighted by Gasteiger charge is -2.58. The summed E-state index contributed by atoms with van der Waals surface area (Å²) in [4.78, 5) is 2.64. The monoisotopic (exact) mass is 323 g/mol. The summed E-state index contributed by atoms with van der Waals surface area (Å²) in [6, 6.07) is 4.95. The molecule has 2 bridgehead atoms. The molecule has 1 spiro atoms. The zero-order valence-electron chi connectivity index (χ0n) is 14.4. The number of methoxy groups -OCH3 is 1. The van der Waals surface area contributed by atoms with Crippen molar-refractivity contribution in [2.24, 2.45) is 5.92 Å². The molecule has 4 aliphatic rings. The maximum absolute atomic E-state index is 6.54. The van der Waals surface area contributed by atoms with Crippen molar-refractivity contribution in [3.8, 4) is 11.5 Å². The molecule has 1 saturated carbocycles. The molecule has 2 heterocycles. The predicted molar refractivity (Wildman–Crippen MR) is 94.8 cm³/mol. The van der Waals surface area contributed by atoms with Crippen LogP contribution in [0.15, 0.2) is 36.9 Å². The van der Waals surface area contributed by atoms with Gasteiger partial charge in [0.05, 0.1) is 7.11 Å². The van der Waals surface area contributed by atoms with Crippen molar-refractivity contribution in [3.63, 3.8) is 0 Å². The van der Waals surface area contributed by atoms with Gasteiger partial charge in [-0.15, -0.1) is 6.58 Å². The molecule has 2 aliphatic heterocycles. The molecule has 24 heavy (non-hydrogen) atoms. The van der Waals surface area contributed by atoms with Gasteiger partial charge in [0.1, 0.15) is 6.10 Å². The van der Waals surface area contributed by atoms with E-state index in [1.807, 2.05) is 0 Å². The second kappa shape index (κ2) is 4.89. The third-order valence-corrected chi connectivity index (χ3v) is 6.94. The zero-order chi connectivity index (χ0) is 16.5. The van der Waals surface area contributed by atoms with E-state index in [1.165, 1.54) is 23.1 Å². The van der Waals surface area contributed by atoms with Gasteiger partial charge in [0, 0.05) is 23.6 Å². The number of hydrogen-bond acceptors (Lipinski definition) is 3. The average Bonchev–Trinajstić information content (AvgIpc) is 2.94. The Morgan fingerprint density at radius 1 is 1.46 bits per heavy atom. The van der Waals surface area contributed by atoms with Gasteiger partial charge in [-0.2, -0.15) is 0 Å². The van der Waals surface area contributed by atoms with E-state index in [-0.39, 0.29) is 11.5 Å². The quantitative estimate of drug-likeness (QED) is 0.795. The summed E-state index contributed by atoms with van der Waals surface area (Å²) in [5, 5.41) is 0. The van der Waals surface area contributed by atoms with Crippen LogP contribution >= 0.6 is 0 Å². The summed E-state index contributed by atoms with van der Waals surface area (Å²) < 4.78 is 12.2. The van der Waals surface area contributed by atoms with E-state index in [4.69, 9.17) is 9.47 Å². The van der Waals surface area contributed by atoms with Crippen LogP contribution in [-0.2, 0) is 11.8 Å². The summed E-state index contributed by atoms with van der Waals surface area (Å²) in [5.74, 6) is 2.54. The molecule has 0 N–H and O–H groups in total. The Balaban J connectivity index is 1.74. The molecule has 3 nitrogen and oxygen atoms in total. The number of ether oxygens (including phenoxy) is 2. The third-order valence-electron chi connectivity index (χ3n) is 6.94. The molecular weight excluding hydrogens is 298 g/mol. The van der Waals surface area contributed by atoms with Crippen molar-refractivity contribution in [1.29, 1.82) is 0 Å². The molecule has 4 atom stereocenters. The molecule has 0 radical (unpaired) electrons. The van der Waals surface area contributed by atoms with Crippen LogP contribution in [0.25, 0.3) is 0 Å². The Hall–Kier alpha value is -1.74. The minimum Gasteiger partial charge on any atom is -0.493 e. The van der Waals surface area contributed by atoms with Gasteiger partial charge >= 0.3 is 0 Å². The molecule has 2 fully saturated rings. The van der Waals surface area contributed by atoms with Crippen molar-refractivity contribution in [2.45, 2.75) is 43.2 Å². The molecule has 0 aromatic heterocycles. The van der Waals surface area contributed by atoms with Crippen LogP contribution < -0.4 is 9.47 Å². The smallest absolute Gasteiger partial charge is 0.166 e. The highest BCUT2D eigenvalue weighted by Crippen LogP contribution is 2.64. The van der Waals surface area contributed by atoms with E-state index in [9.17, 15) is 0 Å². The maximum atomic E-state index is 6.54. The fraction of sp³-hybridized carbons (Fsp3) is 0.524. The van der Waals surface area contributed by atoms with Crippen molar-refractivity contribution >= 4 is 0 Å². The van der Waals surface area contributed by atoms with Gasteiger partial charge in [-0.05, 0) is 55.3 Å². The topological polar surface area (TPSA) is 21.7 Å². The van der Waals surface area contributed by atoms with Crippen LogP contribution in [-0.4, -0.2) is 37.2 Å². The third kappa shape index (κ3) is 1.57. The second-order valence-electron chi connectivity index (χ2n) is 7.78. The first kappa shape index (κ1) is 14.6. The molecule has 126 valence electrons. The molecule has 1 saturated heterocycles. The zero-order valence-corrected chi connectivity index (χ0v) is 14.4. The summed E-state index contributed by atoms with van der Waals surface area (Å²) in [6.45, 7) is 10.5. The minimum atomic E-state index is 0.120. The standard InChI is InChI=1S/C21H25NO2/c1-4-10-22-11-9-21-15-7-5-13(2)20(21)24-19-17(23-3)8-6-14(18(19)21)12-16(15)22/h4,6,8,15-16,20H,1-2,5,7,9-12H2,3H3/t15-,16+,20?,21-/m1/s1. The Bertz CT molecular complexity index is 740. The van der Waals surface area contributed by atoms with Gasteiger partial charge in [0.2, 0.25) is 0 Å². The van der Waals surface area contributed by atoms with Crippen LogP contribution in [0.3, 0.4) is 0 Å². The lowest BCUT2D eigenvalue weighted by Crippen LogP contribution is -2.64. The van der Waals surface area contributed by atoms with E-state index >= 15 is 0 Å². The van der Waals surface area contributed by atoms with Gasteiger partial charge in [0.15, 0.2) is 11.5 Å². The average molecular weight is 323 g/mol. The highest BCUT2D eigenvalue weighted by molar-refractivity contribution is 5.62. The summed E-state index contributed by atoms with van der Waals surface area (Å²) in [7, 11) is 1.74. The molecule has 1 unspecified atom stereocenters. The Kier molecular flexibility index (Phi) is 2.97.